The maximum absolute atomic E-state index is 12.4. The van der Waals surface area contributed by atoms with Crippen molar-refractivity contribution in [3.05, 3.63) is 42.2 Å². The van der Waals surface area contributed by atoms with Crippen molar-refractivity contribution in [2.75, 3.05) is 13.1 Å². The van der Waals surface area contributed by atoms with Crippen LogP contribution in [0.3, 0.4) is 0 Å². The molecule has 1 aliphatic rings. The van der Waals surface area contributed by atoms with Gasteiger partial charge in [-0.15, -0.1) is 0 Å². The normalized spacial score (nSPS) is 15.6. The summed E-state index contributed by atoms with van der Waals surface area (Å²) in [6.07, 6.45) is 7.86. The lowest BCUT2D eigenvalue weighted by Gasteiger charge is -2.31. The number of aromatic carboxylic acids is 1. The molecule has 1 aliphatic heterocycles. The first kappa shape index (κ1) is 15.1. The van der Waals surface area contributed by atoms with Crippen LogP contribution in [0.5, 0.6) is 0 Å². The quantitative estimate of drug-likeness (QED) is 0.900. The Morgan fingerprint density at radius 3 is 2.43 bits per heavy atom. The number of rotatable bonds is 4. The van der Waals surface area contributed by atoms with Crippen LogP contribution in [-0.2, 0) is 6.54 Å². The summed E-state index contributed by atoms with van der Waals surface area (Å²) < 4.78 is 1.91. The van der Waals surface area contributed by atoms with Gasteiger partial charge in [-0.3, -0.25) is 9.48 Å². The average Bonchev–Trinajstić information content (AvgIpc) is 3.08. The topological polar surface area (TPSA) is 101 Å². The number of hydrogen-bond donors (Lipinski definition) is 1. The van der Waals surface area contributed by atoms with E-state index in [1.807, 2.05) is 16.9 Å². The predicted molar refractivity (Wildman–Crippen MR) is 79.8 cm³/mol. The van der Waals surface area contributed by atoms with Gasteiger partial charge in [0.15, 0.2) is 5.69 Å². The van der Waals surface area contributed by atoms with Gasteiger partial charge in [-0.25, -0.2) is 14.8 Å². The number of carboxylic acids is 1. The Hall–Kier alpha value is -2.77. The number of hydrogen-bond acceptors (Lipinski definition) is 5. The molecule has 0 saturated carbocycles. The highest BCUT2D eigenvalue weighted by Gasteiger charge is 2.25. The smallest absolute Gasteiger partial charge is 0.356 e. The number of carbonyl (C=O) groups excluding carboxylic acids is 1. The fourth-order valence-electron chi connectivity index (χ4n) is 2.70. The molecule has 0 unspecified atom stereocenters. The molecule has 0 bridgehead atoms. The number of carboxylic acid groups (broad SMARTS) is 1. The van der Waals surface area contributed by atoms with Crippen molar-refractivity contribution >= 4 is 11.9 Å². The van der Waals surface area contributed by atoms with Crippen LogP contribution in [0.15, 0.2) is 30.9 Å². The lowest BCUT2D eigenvalue weighted by Crippen LogP contribution is -2.39. The predicted octanol–water partition coefficient (Wildman–Crippen LogP) is 0.924. The second kappa shape index (κ2) is 6.55. The van der Waals surface area contributed by atoms with E-state index in [2.05, 4.69) is 15.1 Å². The molecular formula is C15H17N5O3. The summed E-state index contributed by atoms with van der Waals surface area (Å²) in [7, 11) is 0. The average molecular weight is 315 g/mol. The van der Waals surface area contributed by atoms with Crippen LogP contribution in [0.2, 0.25) is 0 Å². The van der Waals surface area contributed by atoms with Crippen LogP contribution in [0, 0.1) is 5.92 Å². The van der Waals surface area contributed by atoms with Gasteiger partial charge in [0.2, 0.25) is 0 Å². The van der Waals surface area contributed by atoms with Crippen molar-refractivity contribution < 1.29 is 14.7 Å². The molecule has 0 spiro atoms. The molecule has 1 amide bonds. The number of amides is 1. The SMILES string of the molecule is O=C(O)c1cnc(C(=O)N2CCC(Cn3cccn3)CC2)cn1. The molecule has 0 aliphatic carbocycles. The largest absolute Gasteiger partial charge is 0.476 e. The number of likely N-dealkylation sites (tertiary alicyclic amines) is 1. The first-order valence-corrected chi connectivity index (χ1v) is 7.45. The zero-order valence-corrected chi connectivity index (χ0v) is 12.5. The molecule has 120 valence electrons. The molecule has 2 aromatic heterocycles. The Morgan fingerprint density at radius 1 is 1.17 bits per heavy atom. The highest BCUT2D eigenvalue weighted by Crippen LogP contribution is 2.20. The molecular weight excluding hydrogens is 298 g/mol. The monoisotopic (exact) mass is 315 g/mol. The molecule has 0 atom stereocenters. The third-order valence-electron chi connectivity index (χ3n) is 4.00. The van der Waals surface area contributed by atoms with Crippen LogP contribution in [0.4, 0.5) is 0 Å². The van der Waals surface area contributed by atoms with E-state index in [4.69, 9.17) is 5.11 Å². The Labute approximate surface area is 132 Å². The Balaban J connectivity index is 1.56. The molecule has 8 heteroatoms. The Bertz CT molecular complexity index is 676. The molecule has 0 radical (unpaired) electrons. The lowest BCUT2D eigenvalue weighted by atomic mass is 9.96. The van der Waals surface area contributed by atoms with Crippen molar-refractivity contribution in [1.29, 1.82) is 0 Å². The van der Waals surface area contributed by atoms with Crippen molar-refractivity contribution in [3.63, 3.8) is 0 Å². The first-order chi connectivity index (χ1) is 11.1. The number of aromatic nitrogens is 4. The van der Waals surface area contributed by atoms with Gasteiger partial charge in [0.25, 0.3) is 5.91 Å². The van der Waals surface area contributed by atoms with Gasteiger partial charge in [-0.2, -0.15) is 5.10 Å². The maximum Gasteiger partial charge on any atom is 0.356 e. The van der Waals surface area contributed by atoms with Crippen molar-refractivity contribution in [2.24, 2.45) is 5.92 Å². The van der Waals surface area contributed by atoms with E-state index in [0.29, 0.717) is 19.0 Å². The van der Waals surface area contributed by atoms with E-state index in [1.54, 1.807) is 11.1 Å². The second-order valence-electron chi connectivity index (χ2n) is 5.56. The standard InChI is InChI=1S/C15H17N5O3/c21-14(12-8-17-13(9-16-12)15(22)23)19-6-2-11(3-7-19)10-20-5-1-4-18-20/h1,4-5,8-9,11H,2-3,6-7,10H2,(H,22,23). The number of carbonyl (C=O) groups is 2. The van der Waals surface area contributed by atoms with Crippen LogP contribution in [0.25, 0.3) is 0 Å². The number of piperidine rings is 1. The first-order valence-electron chi connectivity index (χ1n) is 7.45. The fraction of sp³-hybridized carbons (Fsp3) is 0.400. The summed E-state index contributed by atoms with van der Waals surface area (Å²) in [5.74, 6) is -0.859. The lowest BCUT2D eigenvalue weighted by molar-refractivity contribution is 0.0663. The van der Waals surface area contributed by atoms with Gasteiger partial charge < -0.3 is 10.0 Å². The highest BCUT2D eigenvalue weighted by molar-refractivity contribution is 5.92. The van der Waals surface area contributed by atoms with Gasteiger partial charge >= 0.3 is 5.97 Å². The maximum atomic E-state index is 12.4. The Kier molecular flexibility index (Phi) is 4.31. The Morgan fingerprint density at radius 2 is 1.87 bits per heavy atom. The highest BCUT2D eigenvalue weighted by atomic mass is 16.4. The summed E-state index contributed by atoms with van der Waals surface area (Å²) in [6.45, 7) is 2.18. The zero-order chi connectivity index (χ0) is 16.2. The molecule has 8 nitrogen and oxygen atoms in total. The molecule has 1 fully saturated rings. The molecule has 1 N–H and O–H groups in total. The second-order valence-corrected chi connectivity index (χ2v) is 5.56. The van der Waals surface area contributed by atoms with Crippen LogP contribution in [0.1, 0.15) is 33.8 Å². The van der Waals surface area contributed by atoms with Crippen molar-refractivity contribution in [3.8, 4) is 0 Å². The van der Waals surface area contributed by atoms with E-state index in [9.17, 15) is 9.59 Å². The molecule has 3 rings (SSSR count). The van der Waals surface area contributed by atoms with Gasteiger partial charge in [-0.05, 0) is 24.8 Å². The van der Waals surface area contributed by atoms with Crippen molar-refractivity contribution in [2.45, 2.75) is 19.4 Å². The van der Waals surface area contributed by atoms with Gasteiger partial charge in [0.05, 0.1) is 12.4 Å². The minimum atomic E-state index is -1.16. The summed E-state index contributed by atoms with van der Waals surface area (Å²) in [6, 6.07) is 1.90. The molecule has 2 aromatic rings. The van der Waals surface area contributed by atoms with E-state index in [1.165, 1.54) is 6.20 Å². The molecule has 3 heterocycles. The molecule has 1 saturated heterocycles. The third-order valence-corrected chi connectivity index (χ3v) is 4.00. The van der Waals surface area contributed by atoms with E-state index < -0.39 is 5.97 Å². The summed E-state index contributed by atoms with van der Waals surface area (Å²) >= 11 is 0. The van der Waals surface area contributed by atoms with E-state index in [0.717, 1.165) is 25.6 Å². The van der Waals surface area contributed by atoms with Gasteiger partial charge in [0, 0.05) is 32.0 Å². The molecule has 0 aromatic carbocycles. The zero-order valence-electron chi connectivity index (χ0n) is 12.5. The third kappa shape index (κ3) is 3.53. The van der Waals surface area contributed by atoms with Crippen molar-refractivity contribution in [1.82, 2.24) is 24.6 Å². The van der Waals surface area contributed by atoms with Gasteiger partial charge in [0.1, 0.15) is 5.69 Å². The van der Waals surface area contributed by atoms with Crippen LogP contribution in [-0.4, -0.2) is 54.7 Å². The van der Waals surface area contributed by atoms with E-state index in [-0.39, 0.29) is 17.3 Å². The van der Waals surface area contributed by atoms with Gasteiger partial charge in [-0.1, -0.05) is 0 Å². The fourth-order valence-corrected chi connectivity index (χ4v) is 2.70. The molecule has 23 heavy (non-hydrogen) atoms. The number of nitrogens with zero attached hydrogens (tertiary/aromatic N) is 5. The summed E-state index contributed by atoms with van der Waals surface area (Å²) in [4.78, 5) is 32.5. The summed E-state index contributed by atoms with van der Waals surface area (Å²) in [5, 5.41) is 13.0. The minimum Gasteiger partial charge on any atom is -0.476 e. The van der Waals surface area contributed by atoms with E-state index >= 15 is 0 Å². The minimum absolute atomic E-state index is 0.167. The van der Waals surface area contributed by atoms with Crippen LogP contribution < -0.4 is 0 Å². The summed E-state index contributed by atoms with van der Waals surface area (Å²) in [5.41, 5.74) is 0.0139. The van der Waals surface area contributed by atoms with Crippen LogP contribution >= 0.6 is 0 Å².